The van der Waals surface area contributed by atoms with E-state index in [1.54, 1.807) is 9.80 Å². The fourth-order valence-corrected chi connectivity index (χ4v) is 1.78. The molecule has 2 amide bonds. The number of thiocarbonyl (C=S) groups is 1. The molecule has 5 nitrogen and oxygen atoms in total. The van der Waals surface area contributed by atoms with Crippen molar-refractivity contribution in [3.05, 3.63) is 0 Å². The van der Waals surface area contributed by atoms with E-state index in [1.807, 2.05) is 6.92 Å². The third-order valence-corrected chi connectivity index (χ3v) is 2.79. The first-order valence-electron chi connectivity index (χ1n) is 5.38. The van der Waals surface area contributed by atoms with E-state index in [9.17, 15) is 9.59 Å². The van der Waals surface area contributed by atoms with E-state index in [2.05, 4.69) is 0 Å². The van der Waals surface area contributed by atoms with Crippen molar-refractivity contribution < 1.29 is 9.59 Å². The lowest BCUT2D eigenvalue weighted by molar-refractivity contribution is -0.149. The van der Waals surface area contributed by atoms with E-state index in [0.717, 1.165) is 6.42 Å². The van der Waals surface area contributed by atoms with Crippen molar-refractivity contribution >= 4 is 29.0 Å². The summed E-state index contributed by atoms with van der Waals surface area (Å²) < 4.78 is 0. The molecular weight excluding hydrogens is 226 g/mol. The molecule has 1 aliphatic rings. The molecule has 1 rings (SSSR count). The Kier molecular flexibility index (Phi) is 4.67. The first-order chi connectivity index (χ1) is 7.54. The molecule has 0 atom stereocenters. The summed E-state index contributed by atoms with van der Waals surface area (Å²) in [5, 5.41) is 0. The van der Waals surface area contributed by atoms with Gasteiger partial charge in [-0.3, -0.25) is 9.59 Å². The van der Waals surface area contributed by atoms with Crippen LogP contribution in [0, 0.1) is 0 Å². The van der Waals surface area contributed by atoms with E-state index in [1.165, 1.54) is 0 Å². The van der Waals surface area contributed by atoms with Crippen molar-refractivity contribution in [3.8, 4) is 0 Å². The second-order valence-corrected chi connectivity index (χ2v) is 4.32. The molecule has 0 aromatic rings. The average Bonchev–Trinajstić information content (AvgIpc) is 2.22. The molecule has 0 bridgehead atoms. The molecule has 0 saturated carbocycles. The lowest BCUT2D eigenvalue weighted by Gasteiger charge is -2.33. The zero-order chi connectivity index (χ0) is 12.1. The van der Waals surface area contributed by atoms with Gasteiger partial charge in [-0.05, 0) is 19.8 Å². The number of nitrogens with zero attached hydrogens (tertiary/aromatic N) is 2. The van der Waals surface area contributed by atoms with Crippen molar-refractivity contribution in [2.75, 3.05) is 26.2 Å². The number of rotatable bonds is 5. The normalized spacial score (nSPS) is 16.8. The summed E-state index contributed by atoms with van der Waals surface area (Å²) in [5.74, 6) is 0.0156. The highest BCUT2D eigenvalue weighted by Crippen LogP contribution is 2.06. The monoisotopic (exact) mass is 243 g/mol. The van der Waals surface area contributed by atoms with Crippen LogP contribution in [0.25, 0.3) is 0 Å². The molecule has 2 N–H and O–H groups in total. The number of amides is 2. The molecule has 1 heterocycles. The summed E-state index contributed by atoms with van der Waals surface area (Å²) in [4.78, 5) is 26.8. The van der Waals surface area contributed by atoms with Gasteiger partial charge in [0.1, 0.15) is 0 Å². The number of hydrogen-bond donors (Lipinski definition) is 1. The molecule has 0 aromatic heterocycles. The molecule has 1 fully saturated rings. The fraction of sp³-hybridized carbons (Fsp3) is 0.700. The van der Waals surface area contributed by atoms with Gasteiger partial charge in [0.15, 0.2) is 0 Å². The van der Waals surface area contributed by atoms with Crippen LogP contribution in [0.5, 0.6) is 0 Å². The van der Waals surface area contributed by atoms with Crippen LogP contribution in [0.3, 0.4) is 0 Å². The maximum absolute atomic E-state index is 11.7. The van der Waals surface area contributed by atoms with E-state index in [0.29, 0.717) is 24.5 Å². The maximum Gasteiger partial charge on any atom is 0.242 e. The molecule has 1 aliphatic heterocycles. The van der Waals surface area contributed by atoms with Gasteiger partial charge < -0.3 is 15.5 Å². The van der Waals surface area contributed by atoms with Crippen LogP contribution in [0.15, 0.2) is 0 Å². The second-order valence-electron chi connectivity index (χ2n) is 3.79. The quantitative estimate of drug-likeness (QED) is 0.676. The molecular formula is C10H17N3O2S. The Balaban J connectivity index is 2.41. The van der Waals surface area contributed by atoms with Crippen molar-refractivity contribution in [1.29, 1.82) is 0 Å². The van der Waals surface area contributed by atoms with E-state index in [4.69, 9.17) is 18.0 Å². The number of piperazine rings is 1. The van der Waals surface area contributed by atoms with Gasteiger partial charge in [-0.25, -0.2) is 0 Å². The molecule has 16 heavy (non-hydrogen) atoms. The third-order valence-electron chi connectivity index (χ3n) is 2.59. The minimum Gasteiger partial charge on any atom is -0.393 e. The van der Waals surface area contributed by atoms with Crippen molar-refractivity contribution in [2.24, 2.45) is 5.73 Å². The largest absolute Gasteiger partial charge is 0.393 e. The molecule has 0 spiro atoms. The summed E-state index contributed by atoms with van der Waals surface area (Å²) >= 11 is 4.75. The zero-order valence-electron chi connectivity index (χ0n) is 9.44. The lowest BCUT2D eigenvalue weighted by atomic mass is 10.2. The number of hydrogen-bond acceptors (Lipinski definition) is 3. The van der Waals surface area contributed by atoms with Gasteiger partial charge in [0.05, 0.1) is 18.1 Å². The Morgan fingerprint density at radius 1 is 1.31 bits per heavy atom. The highest BCUT2D eigenvalue weighted by atomic mass is 32.1. The van der Waals surface area contributed by atoms with Gasteiger partial charge >= 0.3 is 0 Å². The predicted molar refractivity (Wildman–Crippen MR) is 64.9 cm³/mol. The van der Waals surface area contributed by atoms with Gasteiger partial charge in [-0.15, -0.1) is 0 Å². The van der Waals surface area contributed by atoms with Crippen LogP contribution in [-0.2, 0) is 9.59 Å². The highest BCUT2D eigenvalue weighted by molar-refractivity contribution is 7.80. The summed E-state index contributed by atoms with van der Waals surface area (Å²) in [7, 11) is 0. The van der Waals surface area contributed by atoms with Gasteiger partial charge in [0.25, 0.3) is 0 Å². The Hall–Kier alpha value is -1.17. The van der Waals surface area contributed by atoms with E-state index < -0.39 is 0 Å². The number of carbonyl (C=O) groups excluding carboxylic acids is 2. The standard InChI is InChI=1S/C10H17N3O2S/c1-2-12-6-10(15)13(7-9(12)14)5-3-4-8(11)16/h2-7H2,1H3,(H2,11,16). The highest BCUT2D eigenvalue weighted by Gasteiger charge is 2.28. The molecule has 0 aromatic carbocycles. The Morgan fingerprint density at radius 2 is 1.88 bits per heavy atom. The smallest absolute Gasteiger partial charge is 0.242 e. The number of likely N-dealkylation sites (N-methyl/N-ethyl adjacent to an activating group) is 1. The summed E-state index contributed by atoms with van der Waals surface area (Å²) in [5.41, 5.74) is 5.37. The molecule has 0 aliphatic carbocycles. The van der Waals surface area contributed by atoms with Gasteiger partial charge in [0, 0.05) is 13.1 Å². The van der Waals surface area contributed by atoms with Crippen LogP contribution < -0.4 is 5.73 Å². The first kappa shape index (κ1) is 12.9. The fourth-order valence-electron chi connectivity index (χ4n) is 1.64. The van der Waals surface area contributed by atoms with Crippen molar-refractivity contribution in [2.45, 2.75) is 19.8 Å². The van der Waals surface area contributed by atoms with Crippen LogP contribution in [0.2, 0.25) is 0 Å². The summed E-state index contributed by atoms with van der Waals surface area (Å²) in [6, 6.07) is 0. The molecule has 90 valence electrons. The number of carbonyl (C=O) groups is 2. The maximum atomic E-state index is 11.7. The van der Waals surface area contributed by atoms with Gasteiger partial charge in [0.2, 0.25) is 11.8 Å². The number of nitrogens with two attached hydrogens (primary N) is 1. The van der Waals surface area contributed by atoms with Crippen LogP contribution >= 0.6 is 12.2 Å². The molecule has 6 heteroatoms. The molecule has 1 saturated heterocycles. The van der Waals surface area contributed by atoms with Crippen molar-refractivity contribution in [1.82, 2.24) is 9.80 Å². The average molecular weight is 243 g/mol. The molecule has 0 unspecified atom stereocenters. The summed E-state index contributed by atoms with van der Waals surface area (Å²) in [6.07, 6.45) is 1.34. The zero-order valence-corrected chi connectivity index (χ0v) is 10.3. The first-order valence-corrected chi connectivity index (χ1v) is 5.79. The van der Waals surface area contributed by atoms with E-state index in [-0.39, 0.29) is 24.9 Å². The Bertz CT molecular complexity index is 306. The second kappa shape index (κ2) is 5.79. The lowest BCUT2D eigenvalue weighted by Crippen LogP contribution is -2.53. The van der Waals surface area contributed by atoms with E-state index >= 15 is 0 Å². The third kappa shape index (κ3) is 3.44. The Labute approximate surface area is 101 Å². The SMILES string of the molecule is CCN1CC(=O)N(CCCC(N)=S)CC1=O. The topological polar surface area (TPSA) is 66.6 Å². The van der Waals surface area contributed by atoms with Crippen molar-refractivity contribution in [3.63, 3.8) is 0 Å². The molecule has 0 radical (unpaired) electrons. The summed E-state index contributed by atoms with van der Waals surface area (Å²) in [6.45, 7) is 3.39. The Morgan fingerprint density at radius 3 is 2.44 bits per heavy atom. The van der Waals surface area contributed by atoms with Gasteiger partial charge in [-0.2, -0.15) is 0 Å². The minimum absolute atomic E-state index is 0.00406. The van der Waals surface area contributed by atoms with Crippen LogP contribution in [0.1, 0.15) is 19.8 Å². The minimum atomic E-state index is 0.00406. The van der Waals surface area contributed by atoms with Gasteiger partial charge in [-0.1, -0.05) is 12.2 Å². The van der Waals surface area contributed by atoms with Crippen LogP contribution in [0.4, 0.5) is 0 Å². The van der Waals surface area contributed by atoms with Crippen LogP contribution in [-0.4, -0.2) is 52.8 Å². The predicted octanol–water partition coefficient (Wildman–Crippen LogP) is -0.257.